The molecule has 15 heavy (non-hydrogen) atoms. The highest BCUT2D eigenvalue weighted by Crippen LogP contribution is 2.18. The van der Waals surface area contributed by atoms with E-state index in [1.54, 1.807) is 6.92 Å². The number of carboxylic acid groups (broad SMARTS) is 1. The Morgan fingerprint density at radius 3 is 2.73 bits per heavy atom. The Hall–Kier alpha value is -0.590. The van der Waals surface area contributed by atoms with Crippen molar-refractivity contribution in [3.05, 3.63) is 16.1 Å². The molecule has 0 bridgehead atoms. The van der Waals surface area contributed by atoms with Crippen molar-refractivity contribution in [2.24, 2.45) is 0 Å². The van der Waals surface area contributed by atoms with Crippen molar-refractivity contribution in [3.8, 4) is 0 Å². The molecule has 86 valence electrons. The van der Waals surface area contributed by atoms with E-state index in [1.807, 2.05) is 6.92 Å². The van der Waals surface area contributed by atoms with Crippen LogP contribution in [0.4, 0.5) is 0 Å². The normalized spacial score (nSPS) is 11.9. The first-order chi connectivity index (χ1) is 6.50. The van der Waals surface area contributed by atoms with Crippen LogP contribution in [0.15, 0.2) is 4.60 Å². The summed E-state index contributed by atoms with van der Waals surface area (Å²) in [5.41, 5.74) is 0.894. The van der Waals surface area contributed by atoms with Gasteiger partial charge in [0.25, 0.3) is 0 Å². The molecule has 0 aliphatic carbocycles. The van der Waals surface area contributed by atoms with Gasteiger partial charge in [-0.15, -0.1) is 12.4 Å². The standard InChI is InChI=1S/C8H11BrN2O3.ClH/c1-4-7(9)11-8(10-4)5(2)14-3-6(12)13;/h5H,3H2,1-2H3,(H,10,11)(H,12,13);1H. The zero-order valence-corrected chi connectivity index (χ0v) is 10.7. The van der Waals surface area contributed by atoms with Crippen LogP contribution in [0.25, 0.3) is 0 Å². The molecule has 5 nitrogen and oxygen atoms in total. The van der Waals surface area contributed by atoms with E-state index in [0.29, 0.717) is 5.82 Å². The molecule has 1 atom stereocenters. The molecule has 0 fully saturated rings. The smallest absolute Gasteiger partial charge is 0.329 e. The number of carbonyl (C=O) groups is 1. The van der Waals surface area contributed by atoms with Crippen molar-refractivity contribution < 1.29 is 14.6 Å². The van der Waals surface area contributed by atoms with Gasteiger partial charge < -0.3 is 14.8 Å². The molecule has 1 heterocycles. The fourth-order valence-corrected chi connectivity index (χ4v) is 1.22. The molecule has 0 spiro atoms. The second-order valence-corrected chi connectivity index (χ2v) is 3.64. The van der Waals surface area contributed by atoms with Crippen LogP contribution < -0.4 is 0 Å². The van der Waals surface area contributed by atoms with Crippen LogP contribution in [-0.2, 0) is 9.53 Å². The number of hydrogen-bond acceptors (Lipinski definition) is 3. The summed E-state index contributed by atoms with van der Waals surface area (Å²) in [6.45, 7) is 3.29. The Balaban J connectivity index is 0.00000196. The Morgan fingerprint density at radius 2 is 2.33 bits per heavy atom. The first-order valence-electron chi connectivity index (χ1n) is 4.06. The Kier molecular flexibility index (Phi) is 5.85. The molecule has 2 N–H and O–H groups in total. The predicted octanol–water partition coefficient (Wildman–Crippen LogP) is 2.06. The van der Waals surface area contributed by atoms with Crippen LogP contribution in [-0.4, -0.2) is 27.7 Å². The molecule has 0 saturated carbocycles. The van der Waals surface area contributed by atoms with Crippen molar-refractivity contribution >= 4 is 34.3 Å². The Labute approximate surface area is 102 Å². The molecule has 0 aliphatic rings. The van der Waals surface area contributed by atoms with Gasteiger partial charge in [-0.1, -0.05) is 0 Å². The average Bonchev–Trinajstić information content (AvgIpc) is 2.43. The number of aliphatic carboxylic acids is 1. The van der Waals surface area contributed by atoms with Crippen molar-refractivity contribution in [2.45, 2.75) is 20.0 Å². The number of carboxylic acids is 1. The second kappa shape index (κ2) is 6.09. The van der Waals surface area contributed by atoms with Crippen molar-refractivity contribution in [1.82, 2.24) is 9.97 Å². The molecule has 7 heteroatoms. The molecule has 0 aliphatic heterocycles. The molecule has 0 radical (unpaired) electrons. The summed E-state index contributed by atoms with van der Waals surface area (Å²) in [4.78, 5) is 17.4. The van der Waals surface area contributed by atoms with E-state index in [-0.39, 0.29) is 25.1 Å². The number of hydrogen-bond donors (Lipinski definition) is 2. The molecule has 1 unspecified atom stereocenters. The number of ether oxygens (including phenoxy) is 1. The monoisotopic (exact) mass is 298 g/mol. The van der Waals surface area contributed by atoms with E-state index in [2.05, 4.69) is 25.9 Å². The van der Waals surface area contributed by atoms with Gasteiger partial charge in [0.2, 0.25) is 0 Å². The minimum atomic E-state index is -0.987. The van der Waals surface area contributed by atoms with E-state index in [0.717, 1.165) is 10.3 Å². The van der Waals surface area contributed by atoms with Crippen molar-refractivity contribution in [2.75, 3.05) is 6.61 Å². The number of aromatic amines is 1. The van der Waals surface area contributed by atoms with E-state index in [9.17, 15) is 4.79 Å². The third-order valence-electron chi connectivity index (χ3n) is 1.69. The summed E-state index contributed by atoms with van der Waals surface area (Å²) in [5.74, 6) is -0.366. The van der Waals surface area contributed by atoms with Crippen LogP contribution in [0.3, 0.4) is 0 Å². The van der Waals surface area contributed by atoms with Gasteiger partial charge in [0, 0.05) is 5.69 Å². The van der Waals surface area contributed by atoms with Gasteiger partial charge in [0.15, 0.2) is 0 Å². The highest BCUT2D eigenvalue weighted by Gasteiger charge is 2.13. The third kappa shape index (κ3) is 4.19. The fraction of sp³-hybridized carbons (Fsp3) is 0.500. The highest BCUT2D eigenvalue weighted by molar-refractivity contribution is 9.10. The molecular weight excluding hydrogens is 287 g/mol. The van der Waals surface area contributed by atoms with E-state index in [1.165, 1.54) is 0 Å². The number of nitrogens with one attached hydrogen (secondary N) is 1. The van der Waals surface area contributed by atoms with Gasteiger partial charge >= 0.3 is 5.97 Å². The van der Waals surface area contributed by atoms with Crippen LogP contribution in [0.1, 0.15) is 24.5 Å². The number of H-pyrrole nitrogens is 1. The van der Waals surface area contributed by atoms with Gasteiger partial charge in [-0.25, -0.2) is 9.78 Å². The third-order valence-corrected chi connectivity index (χ3v) is 2.46. The Bertz CT molecular complexity index is 323. The zero-order chi connectivity index (χ0) is 10.7. The lowest BCUT2D eigenvalue weighted by Gasteiger charge is -2.07. The lowest BCUT2D eigenvalue weighted by Crippen LogP contribution is -2.10. The molecule has 0 saturated heterocycles. The maximum absolute atomic E-state index is 10.2. The quantitative estimate of drug-likeness (QED) is 0.892. The maximum atomic E-state index is 10.2. The SMILES string of the molecule is Cc1[nH]c(C(C)OCC(=O)O)nc1Br.Cl. The first kappa shape index (κ1) is 14.4. The molecule has 1 rings (SSSR count). The second-order valence-electron chi connectivity index (χ2n) is 2.88. The molecule has 1 aromatic rings. The molecule has 1 aromatic heterocycles. The number of imidazole rings is 1. The van der Waals surface area contributed by atoms with Gasteiger partial charge in [-0.2, -0.15) is 0 Å². The summed E-state index contributed by atoms with van der Waals surface area (Å²) >= 11 is 3.25. The number of nitrogens with zero attached hydrogens (tertiary/aromatic N) is 1. The van der Waals surface area contributed by atoms with Crippen molar-refractivity contribution in [3.63, 3.8) is 0 Å². The van der Waals surface area contributed by atoms with Crippen LogP contribution in [0, 0.1) is 6.92 Å². The summed E-state index contributed by atoms with van der Waals surface area (Å²) < 4.78 is 5.76. The summed E-state index contributed by atoms with van der Waals surface area (Å²) in [6.07, 6.45) is -0.351. The zero-order valence-electron chi connectivity index (χ0n) is 8.28. The van der Waals surface area contributed by atoms with Crippen LogP contribution >= 0.6 is 28.3 Å². The van der Waals surface area contributed by atoms with Crippen LogP contribution in [0.5, 0.6) is 0 Å². The molecular formula is C8H12BrClN2O3. The topological polar surface area (TPSA) is 75.2 Å². The lowest BCUT2D eigenvalue weighted by atomic mass is 10.4. The fourth-order valence-electron chi connectivity index (χ4n) is 0.929. The molecule has 0 aromatic carbocycles. The number of aryl methyl sites for hydroxylation is 1. The van der Waals surface area contributed by atoms with Gasteiger partial charge in [0.05, 0.1) is 0 Å². The first-order valence-corrected chi connectivity index (χ1v) is 4.85. The van der Waals surface area contributed by atoms with Gasteiger partial charge in [-0.3, -0.25) is 0 Å². The van der Waals surface area contributed by atoms with Gasteiger partial charge in [0.1, 0.15) is 23.1 Å². The van der Waals surface area contributed by atoms with Crippen molar-refractivity contribution in [1.29, 1.82) is 0 Å². The minimum Gasteiger partial charge on any atom is -0.480 e. The van der Waals surface area contributed by atoms with Gasteiger partial charge in [-0.05, 0) is 29.8 Å². The van der Waals surface area contributed by atoms with E-state index < -0.39 is 5.97 Å². The predicted molar refractivity (Wildman–Crippen MR) is 60.3 cm³/mol. The average molecular weight is 300 g/mol. The summed E-state index contributed by atoms with van der Waals surface area (Å²) in [7, 11) is 0. The number of rotatable bonds is 4. The summed E-state index contributed by atoms with van der Waals surface area (Å²) in [5, 5.41) is 8.40. The number of halogens is 2. The highest BCUT2D eigenvalue weighted by atomic mass is 79.9. The van der Waals surface area contributed by atoms with E-state index in [4.69, 9.17) is 9.84 Å². The Morgan fingerprint density at radius 1 is 1.73 bits per heavy atom. The lowest BCUT2D eigenvalue weighted by molar-refractivity contribution is -0.144. The van der Waals surface area contributed by atoms with Crippen LogP contribution in [0.2, 0.25) is 0 Å². The number of aromatic nitrogens is 2. The minimum absolute atomic E-state index is 0. The largest absolute Gasteiger partial charge is 0.480 e. The maximum Gasteiger partial charge on any atom is 0.329 e. The molecule has 0 amide bonds. The summed E-state index contributed by atoms with van der Waals surface area (Å²) in [6, 6.07) is 0. The van der Waals surface area contributed by atoms with E-state index >= 15 is 0 Å².